The predicted molar refractivity (Wildman–Crippen MR) is 81.4 cm³/mol. The van der Waals surface area contributed by atoms with Crippen molar-refractivity contribution in [3.05, 3.63) is 34.8 Å². The van der Waals surface area contributed by atoms with Gasteiger partial charge in [0, 0.05) is 29.2 Å². The minimum Gasteiger partial charge on any atom is -0.310 e. The van der Waals surface area contributed by atoms with Gasteiger partial charge in [-0.2, -0.15) is 0 Å². The van der Waals surface area contributed by atoms with Gasteiger partial charge in [0.15, 0.2) is 5.82 Å². The number of pyridine rings is 1. The number of hydrogen-bond acceptors (Lipinski definition) is 4. The number of aromatic nitrogens is 2. The molecule has 0 aliphatic rings. The van der Waals surface area contributed by atoms with Crippen LogP contribution in [0.4, 0.5) is 4.39 Å². The molecule has 0 saturated heterocycles. The van der Waals surface area contributed by atoms with Gasteiger partial charge in [0.05, 0.1) is 11.9 Å². The second-order valence-corrected chi connectivity index (χ2v) is 6.46. The van der Waals surface area contributed by atoms with E-state index in [1.807, 2.05) is 0 Å². The van der Waals surface area contributed by atoms with Crippen LogP contribution in [0, 0.1) is 5.82 Å². The fourth-order valence-corrected chi connectivity index (χ4v) is 3.10. The SMILES string of the molecule is CC(C)NCc1sc(-c2ccncc2F)nc1C(C)C. The topological polar surface area (TPSA) is 37.8 Å². The third kappa shape index (κ3) is 3.41. The predicted octanol–water partition coefficient (Wildman–Crippen LogP) is 3.97. The van der Waals surface area contributed by atoms with Crippen LogP contribution in [-0.2, 0) is 6.54 Å². The average molecular weight is 293 g/mol. The van der Waals surface area contributed by atoms with Crippen LogP contribution in [0.15, 0.2) is 18.5 Å². The highest BCUT2D eigenvalue weighted by molar-refractivity contribution is 7.15. The zero-order valence-electron chi connectivity index (χ0n) is 12.3. The van der Waals surface area contributed by atoms with Gasteiger partial charge in [0.25, 0.3) is 0 Å². The Balaban J connectivity index is 2.36. The van der Waals surface area contributed by atoms with Crippen molar-refractivity contribution in [2.45, 2.75) is 46.2 Å². The largest absolute Gasteiger partial charge is 0.310 e. The van der Waals surface area contributed by atoms with Crippen LogP contribution >= 0.6 is 11.3 Å². The van der Waals surface area contributed by atoms with Gasteiger partial charge in [-0.3, -0.25) is 4.98 Å². The summed E-state index contributed by atoms with van der Waals surface area (Å²) < 4.78 is 13.8. The summed E-state index contributed by atoms with van der Waals surface area (Å²) in [5.74, 6) is 0.00813. The van der Waals surface area contributed by atoms with Gasteiger partial charge in [-0.1, -0.05) is 27.7 Å². The lowest BCUT2D eigenvalue weighted by Crippen LogP contribution is -2.22. The van der Waals surface area contributed by atoms with E-state index in [4.69, 9.17) is 0 Å². The molecule has 0 aliphatic heterocycles. The van der Waals surface area contributed by atoms with E-state index in [1.54, 1.807) is 23.6 Å². The molecule has 2 aromatic rings. The summed E-state index contributed by atoms with van der Waals surface area (Å²) >= 11 is 1.56. The Labute approximate surface area is 123 Å². The minimum absolute atomic E-state index is 0.320. The molecule has 1 N–H and O–H groups in total. The van der Waals surface area contributed by atoms with Gasteiger partial charge in [-0.05, 0) is 12.0 Å². The molecule has 0 aliphatic carbocycles. The van der Waals surface area contributed by atoms with Gasteiger partial charge in [0.2, 0.25) is 0 Å². The van der Waals surface area contributed by atoms with Crippen molar-refractivity contribution in [2.24, 2.45) is 0 Å². The summed E-state index contributed by atoms with van der Waals surface area (Å²) in [5, 5.41) is 4.13. The van der Waals surface area contributed by atoms with E-state index in [1.165, 1.54) is 11.1 Å². The van der Waals surface area contributed by atoms with Crippen LogP contribution in [0.3, 0.4) is 0 Å². The third-order valence-corrected chi connectivity index (χ3v) is 4.05. The fourth-order valence-electron chi connectivity index (χ4n) is 1.90. The van der Waals surface area contributed by atoms with Crippen LogP contribution in [0.25, 0.3) is 10.6 Å². The number of thiazole rings is 1. The van der Waals surface area contributed by atoms with Crippen LogP contribution in [-0.4, -0.2) is 16.0 Å². The van der Waals surface area contributed by atoms with Crippen molar-refractivity contribution in [1.82, 2.24) is 15.3 Å². The lowest BCUT2D eigenvalue weighted by atomic mass is 10.1. The summed E-state index contributed by atoms with van der Waals surface area (Å²) in [7, 11) is 0. The van der Waals surface area contributed by atoms with Crippen molar-refractivity contribution in [3.8, 4) is 10.6 Å². The molecular formula is C15H20FN3S. The zero-order chi connectivity index (χ0) is 14.7. The number of nitrogens with zero attached hydrogens (tertiary/aromatic N) is 2. The average Bonchev–Trinajstić information content (AvgIpc) is 2.81. The van der Waals surface area contributed by atoms with E-state index in [0.717, 1.165) is 17.2 Å². The Morgan fingerprint density at radius 1 is 1.30 bits per heavy atom. The van der Waals surface area contributed by atoms with Gasteiger partial charge < -0.3 is 5.32 Å². The van der Waals surface area contributed by atoms with Crippen LogP contribution in [0.1, 0.15) is 44.2 Å². The summed E-state index contributed by atoms with van der Waals surface area (Å²) in [6.07, 6.45) is 2.83. The standard InChI is InChI=1S/C15H20FN3S/c1-9(2)14-13(8-18-10(3)4)20-15(19-14)11-5-6-17-7-12(11)16/h5-7,9-10,18H,8H2,1-4H3. The Hall–Kier alpha value is -1.33. The monoisotopic (exact) mass is 293 g/mol. The van der Waals surface area contributed by atoms with Crippen LogP contribution < -0.4 is 5.32 Å². The quantitative estimate of drug-likeness (QED) is 0.906. The Morgan fingerprint density at radius 2 is 2.05 bits per heavy atom. The van der Waals surface area contributed by atoms with E-state index < -0.39 is 0 Å². The molecular weight excluding hydrogens is 273 g/mol. The molecule has 0 bridgehead atoms. The molecule has 0 unspecified atom stereocenters. The number of nitrogens with one attached hydrogen (secondary N) is 1. The normalized spacial score (nSPS) is 11.6. The lowest BCUT2D eigenvalue weighted by Gasteiger charge is -2.09. The molecule has 0 fully saturated rings. The molecule has 0 saturated carbocycles. The fraction of sp³-hybridized carbons (Fsp3) is 0.467. The minimum atomic E-state index is -0.320. The molecule has 3 nitrogen and oxygen atoms in total. The van der Waals surface area contributed by atoms with Crippen molar-refractivity contribution < 1.29 is 4.39 Å². The summed E-state index contributed by atoms with van der Waals surface area (Å²) in [6, 6.07) is 2.09. The van der Waals surface area contributed by atoms with Crippen molar-refractivity contribution >= 4 is 11.3 Å². The zero-order valence-corrected chi connectivity index (χ0v) is 13.1. The first-order chi connectivity index (χ1) is 9.49. The molecule has 2 aromatic heterocycles. The molecule has 0 spiro atoms. The molecule has 0 radical (unpaired) electrons. The lowest BCUT2D eigenvalue weighted by molar-refractivity contribution is 0.588. The van der Waals surface area contributed by atoms with Crippen LogP contribution in [0.5, 0.6) is 0 Å². The Kier molecular flexibility index (Phi) is 4.83. The molecule has 2 rings (SSSR count). The first kappa shape index (κ1) is 15.1. The molecule has 2 heterocycles. The van der Waals surface area contributed by atoms with E-state index in [2.05, 4.69) is 43.0 Å². The smallest absolute Gasteiger partial charge is 0.151 e. The highest BCUT2D eigenvalue weighted by Gasteiger charge is 2.17. The maximum absolute atomic E-state index is 13.8. The number of rotatable bonds is 5. The molecule has 0 amide bonds. The Bertz CT molecular complexity index is 578. The summed E-state index contributed by atoms with van der Waals surface area (Å²) in [6.45, 7) is 9.22. The highest BCUT2D eigenvalue weighted by atomic mass is 32.1. The van der Waals surface area contributed by atoms with Crippen LogP contribution in [0.2, 0.25) is 0 Å². The van der Waals surface area contributed by atoms with E-state index in [9.17, 15) is 4.39 Å². The summed E-state index contributed by atoms with van der Waals surface area (Å²) in [4.78, 5) is 9.59. The maximum Gasteiger partial charge on any atom is 0.151 e. The van der Waals surface area contributed by atoms with Crippen molar-refractivity contribution in [2.75, 3.05) is 0 Å². The molecule has 0 atom stereocenters. The molecule has 5 heteroatoms. The second-order valence-electron chi connectivity index (χ2n) is 5.37. The van der Waals surface area contributed by atoms with E-state index in [0.29, 0.717) is 17.5 Å². The van der Waals surface area contributed by atoms with Crippen molar-refractivity contribution in [1.29, 1.82) is 0 Å². The van der Waals surface area contributed by atoms with Crippen molar-refractivity contribution in [3.63, 3.8) is 0 Å². The summed E-state index contributed by atoms with van der Waals surface area (Å²) in [5.41, 5.74) is 1.58. The molecule has 20 heavy (non-hydrogen) atoms. The van der Waals surface area contributed by atoms with Gasteiger partial charge >= 0.3 is 0 Å². The number of hydrogen-bond donors (Lipinski definition) is 1. The number of halogens is 1. The van der Waals surface area contributed by atoms with Gasteiger partial charge in [0.1, 0.15) is 5.01 Å². The Morgan fingerprint density at radius 3 is 2.65 bits per heavy atom. The highest BCUT2D eigenvalue weighted by Crippen LogP contribution is 2.32. The molecule has 0 aromatic carbocycles. The first-order valence-electron chi connectivity index (χ1n) is 6.82. The molecule has 108 valence electrons. The van der Waals surface area contributed by atoms with Gasteiger partial charge in [-0.25, -0.2) is 9.37 Å². The van der Waals surface area contributed by atoms with E-state index in [-0.39, 0.29) is 5.82 Å². The van der Waals surface area contributed by atoms with Gasteiger partial charge in [-0.15, -0.1) is 11.3 Å². The first-order valence-corrected chi connectivity index (χ1v) is 7.63. The maximum atomic E-state index is 13.8. The third-order valence-electron chi connectivity index (χ3n) is 2.95. The van der Waals surface area contributed by atoms with E-state index >= 15 is 0 Å². The second kappa shape index (κ2) is 6.41.